The summed E-state index contributed by atoms with van der Waals surface area (Å²) in [5.74, 6) is -3.71. The van der Waals surface area contributed by atoms with Crippen molar-refractivity contribution in [1.82, 2.24) is 5.32 Å². The second kappa shape index (κ2) is 6.62. The van der Waals surface area contributed by atoms with E-state index in [4.69, 9.17) is 0 Å². The van der Waals surface area contributed by atoms with Crippen molar-refractivity contribution in [2.45, 2.75) is 25.9 Å². The molecule has 0 fully saturated rings. The fourth-order valence-corrected chi connectivity index (χ4v) is 2.98. The monoisotopic (exact) mass is 355 g/mol. The van der Waals surface area contributed by atoms with Gasteiger partial charge in [0.15, 0.2) is 0 Å². The summed E-state index contributed by atoms with van der Waals surface area (Å²) < 4.78 is 44.9. The Bertz CT molecular complexity index is 793. The Morgan fingerprint density at radius 3 is 2.20 bits per heavy atom. The van der Waals surface area contributed by atoms with Gasteiger partial charge in [-0.3, -0.25) is 0 Å². The molecule has 2 N–H and O–H groups in total. The Kier molecular flexibility index (Phi) is 4.92. The van der Waals surface area contributed by atoms with Crippen LogP contribution in [-0.2, 0) is 20.5 Å². The Balaban J connectivity index is 2.82. The summed E-state index contributed by atoms with van der Waals surface area (Å²) in [7, 11) is 1.08. The number of benzene rings is 1. The number of nitrogens with one attached hydrogen (secondary N) is 1. The zero-order valence-corrected chi connectivity index (χ0v) is 13.7. The lowest BCUT2D eigenvalue weighted by molar-refractivity contribution is -0.140. The predicted octanol–water partition coefficient (Wildman–Crippen LogP) is 3.20. The summed E-state index contributed by atoms with van der Waals surface area (Å²) in [4.78, 5) is 23.9. The van der Waals surface area contributed by atoms with Crippen LogP contribution in [0, 0.1) is 0 Å². The minimum atomic E-state index is -4.70. The summed E-state index contributed by atoms with van der Waals surface area (Å²) >= 11 is 0. The number of aliphatic carboxylic acids is 1. The third-order valence-electron chi connectivity index (χ3n) is 3.97. The zero-order chi connectivity index (χ0) is 18.9. The number of methoxy groups -OCH3 is 1. The summed E-state index contributed by atoms with van der Waals surface area (Å²) in [6.07, 6.45) is -4.70. The van der Waals surface area contributed by atoms with Gasteiger partial charge in [-0.15, -0.1) is 0 Å². The maximum Gasteiger partial charge on any atom is 0.416 e. The molecule has 1 aliphatic rings. The molecule has 0 saturated carbocycles. The molecule has 5 nitrogen and oxygen atoms in total. The van der Waals surface area contributed by atoms with Gasteiger partial charge < -0.3 is 15.2 Å². The molecule has 1 heterocycles. The fraction of sp³-hybridized carbons (Fsp3) is 0.294. The summed E-state index contributed by atoms with van der Waals surface area (Å²) in [5, 5.41) is 12.3. The number of carboxylic acids is 1. The molecule has 1 aromatic carbocycles. The van der Waals surface area contributed by atoms with E-state index in [9.17, 15) is 27.9 Å². The van der Waals surface area contributed by atoms with Gasteiger partial charge in [-0.25, -0.2) is 9.59 Å². The number of ether oxygens (including phenoxy) is 1. The fourth-order valence-electron chi connectivity index (χ4n) is 2.98. The normalized spacial score (nSPS) is 18.1. The van der Waals surface area contributed by atoms with Crippen molar-refractivity contribution in [2.75, 3.05) is 7.11 Å². The molecule has 2 rings (SSSR count). The van der Waals surface area contributed by atoms with E-state index >= 15 is 0 Å². The maximum absolute atomic E-state index is 13.4. The smallest absolute Gasteiger partial charge is 0.416 e. The number of hydrogen-bond donors (Lipinski definition) is 2. The first-order valence-corrected chi connectivity index (χ1v) is 7.25. The number of halogens is 3. The number of hydrogen-bond acceptors (Lipinski definition) is 4. The van der Waals surface area contributed by atoms with E-state index in [1.807, 2.05) is 0 Å². The number of carbonyl (C=O) groups is 2. The molecule has 0 aromatic heterocycles. The van der Waals surface area contributed by atoms with Crippen molar-refractivity contribution in [1.29, 1.82) is 0 Å². The van der Waals surface area contributed by atoms with E-state index in [0.29, 0.717) is 0 Å². The number of allylic oxidation sites excluding steroid dienone is 2. The summed E-state index contributed by atoms with van der Waals surface area (Å²) in [5.41, 5.74) is -1.39. The Morgan fingerprint density at radius 2 is 1.68 bits per heavy atom. The quantitative estimate of drug-likeness (QED) is 0.815. The second-order valence-electron chi connectivity index (χ2n) is 5.52. The molecule has 1 aliphatic heterocycles. The Hall–Kier alpha value is -2.77. The molecule has 0 bridgehead atoms. The van der Waals surface area contributed by atoms with E-state index < -0.39 is 29.6 Å². The maximum atomic E-state index is 13.4. The first-order chi connectivity index (χ1) is 11.6. The molecule has 0 saturated heterocycles. The lowest BCUT2D eigenvalue weighted by atomic mass is 9.78. The Labute approximate surface area is 141 Å². The lowest BCUT2D eigenvalue weighted by Crippen LogP contribution is -2.32. The van der Waals surface area contributed by atoms with Crippen molar-refractivity contribution in [3.05, 3.63) is 57.9 Å². The van der Waals surface area contributed by atoms with E-state index in [-0.39, 0.29) is 28.1 Å². The molecule has 0 radical (unpaired) electrons. The lowest BCUT2D eigenvalue weighted by Gasteiger charge is -2.30. The minimum Gasteiger partial charge on any atom is -0.478 e. The highest BCUT2D eigenvalue weighted by Crippen LogP contribution is 2.43. The third kappa shape index (κ3) is 3.38. The third-order valence-corrected chi connectivity index (χ3v) is 3.97. The Morgan fingerprint density at radius 1 is 1.12 bits per heavy atom. The van der Waals surface area contributed by atoms with Gasteiger partial charge in [0.2, 0.25) is 0 Å². The van der Waals surface area contributed by atoms with Crippen molar-refractivity contribution in [3.8, 4) is 0 Å². The number of rotatable bonds is 3. The highest BCUT2D eigenvalue weighted by Gasteiger charge is 2.42. The van der Waals surface area contributed by atoms with E-state index in [1.165, 1.54) is 32.0 Å². The number of carboxylic acid groups (broad SMARTS) is 1. The number of esters is 1. The van der Waals surface area contributed by atoms with Gasteiger partial charge in [0.1, 0.15) is 0 Å². The van der Waals surface area contributed by atoms with Crippen LogP contribution in [-0.4, -0.2) is 24.2 Å². The van der Waals surface area contributed by atoms with Crippen LogP contribution in [0.15, 0.2) is 46.8 Å². The van der Waals surface area contributed by atoms with Gasteiger partial charge in [-0.05, 0) is 25.5 Å². The molecular formula is C17H16F3NO4. The van der Waals surface area contributed by atoms with Gasteiger partial charge in [0.25, 0.3) is 0 Å². The molecule has 0 aliphatic carbocycles. The van der Waals surface area contributed by atoms with Crippen LogP contribution in [0.1, 0.15) is 30.9 Å². The molecule has 1 unspecified atom stereocenters. The molecule has 0 amide bonds. The van der Waals surface area contributed by atoms with Crippen LogP contribution in [0.4, 0.5) is 13.2 Å². The van der Waals surface area contributed by atoms with Crippen LogP contribution >= 0.6 is 0 Å². The summed E-state index contributed by atoms with van der Waals surface area (Å²) in [6, 6.07) is 4.60. The number of alkyl halides is 3. The van der Waals surface area contributed by atoms with E-state index in [0.717, 1.165) is 13.2 Å². The average Bonchev–Trinajstić information content (AvgIpc) is 2.52. The molecule has 0 spiro atoms. The highest BCUT2D eigenvalue weighted by molar-refractivity contribution is 5.99. The predicted molar refractivity (Wildman–Crippen MR) is 82.4 cm³/mol. The first-order valence-electron chi connectivity index (χ1n) is 7.25. The van der Waals surface area contributed by atoms with Crippen molar-refractivity contribution >= 4 is 11.9 Å². The van der Waals surface area contributed by atoms with Gasteiger partial charge in [0.05, 0.1) is 29.7 Å². The first kappa shape index (κ1) is 18.6. The van der Waals surface area contributed by atoms with Gasteiger partial charge in [0, 0.05) is 11.4 Å². The van der Waals surface area contributed by atoms with Crippen LogP contribution in [0.3, 0.4) is 0 Å². The average molecular weight is 355 g/mol. The van der Waals surface area contributed by atoms with Gasteiger partial charge in [-0.1, -0.05) is 18.2 Å². The molecule has 1 aromatic rings. The van der Waals surface area contributed by atoms with Crippen LogP contribution in [0.5, 0.6) is 0 Å². The molecule has 8 heteroatoms. The number of dihydropyridines is 1. The van der Waals surface area contributed by atoms with E-state index in [2.05, 4.69) is 10.1 Å². The standard InChI is InChI=1S/C17H16F3NO4/c1-8-12(15(22)23)14(13(9(2)21-8)16(24)25-3)10-6-4-5-7-11(10)17(18,19)20/h4-7,14,21H,1-3H3,(H,22,23). The molecule has 1 atom stereocenters. The van der Waals surface area contributed by atoms with Gasteiger partial charge >= 0.3 is 18.1 Å². The SMILES string of the molecule is COC(=O)C1=C(C)NC(C)=C(C(=O)O)C1c1ccccc1C(F)(F)F. The topological polar surface area (TPSA) is 75.6 Å². The van der Waals surface area contributed by atoms with E-state index in [1.54, 1.807) is 0 Å². The molecule has 134 valence electrons. The van der Waals surface area contributed by atoms with Crippen molar-refractivity contribution in [3.63, 3.8) is 0 Å². The second-order valence-corrected chi connectivity index (χ2v) is 5.52. The van der Waals surface area contributed by atoms with Crippen LogP contribution < -0.4 is 5.32 Å². The van der Waals surface area contributed by atoms with Gasteiger partial charge in [-0.2, -0.15) is 13.2 Å². The largest absolute Gasteiger partial charge is 0.478 e. The minimum absolute atomic E-state index is 0.165. The molecular weight excluding hydrogens is 339 g/mol. The van der Waals surface area contributed by atoms with Crippen LogP contribution in [0.25, 0.3) is 0 Å². The summed E-state index contributed by atoms with van der Waals surface area (Å²) in [6.45, 7) is 2.92. The van der Waals surface area contributed by atoms with Crippen LogP contribution in [0.2, 0.25) is 0 Å². The zero-order valence-electron chi connectivity index (χ0n) is 13.7. The highest BCUT2D eigenvalue weighted by atomic mass is 19.4. The van der Waals surface area contributed by atoms with Crippen molar-refractivity contribution in [2.24, 2.45) is 0 Å². The number of carbonyl (C=O) groups excluding carboxylic acids is 1. The molecule has 25 heavy (non-hydrogen) atoms. The van der Waals surface area contributed by atoms with Crippen molar-refractivity contribution < 1.29 is 32.6 Å².